The van der Waals surface area contributed by atoms with Crippen molar-refractivity contribution in [1.29, 1.82) is 0 Å². The second kappa shape index (κ2) is 2.55. The van der Waals surface area contributed by atoms with E-state index in [1.54, 1.807) is 11.9 Å². The number of nitrogens with one attached hydrogen (secondary N) is 1. The van der Waals surface area contributed by atoms with Crippen LogP contribution in [0.1, 0.15) is 13.3 Å². The van der Waals surface area contributed by atoms with E-state index in [0.29, 0.717) is 5.37 Å². The van der Waals surface area contributed by atoms with Crippen molar-refractivity contribution in [2.45, 2.75) is 18.7 Å². The molecule has 1 saturated heterocycles. The molecule has 1 aliphatic heterocycles. The first-order chi connectivity index (χ1) is 3.43. The molecule has 1 N–H and O–H groups in total. The van der Waals surface area contributed by atoms with Crippen LogP contribution in [0.5, 0.6) is 0 Å². The van der Waals surface area contributed by atoms with Gasteiger partial charge in [0.25, 0.3) is 0 Å². The van der Waals surface area contributed by atoms with Crippen LogP contribution in [0.25, 0.3) is 0 Å². The fraction of sp³-hybridized carbons (Fsp3) is 1.00. The van der Waals surface area contributed by atoms with Crippen LogP contribution in [0.2, 0.25) is 0 Å². The maximum Gasteiger partial charge on any atom is 0.0757 e. The molecule has 1 heterocycles. The fourth-order valence-electron chi connectivity index (χ4n) is 0.522. The van der Waals surface area contributed by atoms with E-state index in [4.69, 9.17) is 0 Å². The minimum absolute atomic E-state index is 0.597. The van der Waals surface area contributed by atoms with Gasteiger partial charge in [-0.15, -0.1) is 0 Å². The first-order valence-corrected chi connectivity index (χ1v) is 3.33. The Morgan fingerprint density at radius 1 is 2.00 bits per heavy atom. The predicted octanol–water partition coefficient (Wildman–Crippen LogP) is 0.536. The van der Waals surface area contributed by atoms with Gasteiger partial charge in [-0.3, -0.25) is 5.32 Å². The van der Waals surface area contributed by atoms with Crippen LogP contribution in [0.4, 0.5) is 0 Å². The summed E-state index contributed by atoms with van der Waals surface area (Å²) in [6.45, 7) is 2.99. The molecule has 0 aliphatic carbocycles. The zero-order chi connectivity index (χ0) is 5.11. The van der Waals surface area contributed by atoms with Crippen LogP contribution in [-0.2, 0) is 0 Å². The van der Waals surface area contributed by atoms with Gasteiger partial charge in [0.1, 0.15) is 0 Å². The van der Waals surface area contributed by atoms with Crippen molar-refractivity contribution in [2.75, 3.05) is 6.67 Å². The van der Waals surface area contributed by atoms with E-state index in [0.717, 1.165) is 6.67 Å². The number of hydrogen-bond acceptors (Lipinski definition) is 2. The topological polar surface area (TPSA) is 26.1 Å². The molecule has 0 aromatic carbocycles. The Bertz CT molecular complexity index is 51.7. The van der Waals surface area contributed by atoms with Gasteiger partial charge in [0.2, 0.25) is 0 Å². The summed E-state index contributed by atoms with van der Waals surface area (Å²) in [5.41, 5.74) is 0. The van der Waals surface area contributed by atoms with E-state index >= 15 is 0 Å². The Balaban J connectivity index is 2.14. The SMILES string of the molecule is CCC1NC[N]S1. The van der Waals surface area contributed by atoms with Crippen LogP contribution < -0.4 is 10.0 Å². The van der Waals surface area contributed by atoms with Gasteiger partial charge in [0.15, 0.2) is 0 Å². The molecule has 1 rings (SSSR count). The van der Waals surface area contributed by atoms with Crippen molar-refractivity contribution in [1.82, 2.24) is 10.0 Å². The van der Waals surface area contributed by atoms with Gasteiger partial charge in [-0.05, 0) is 18.4 Å². The summed E-state index contributed by atoms with van der Waals surface area (Å²) >= 11 is 1.66. The third-order valence-corrected chi connectivity index (χ3v) is 1.99. The number of rotatable bonds is 1. The Hall–Kier alpha value is 0.270. The molecule has 1 radical (unpaired) electrons. The minimum atomic E-state index is 0.597. The number of hydrogen-bond donors (Lipinski definition) is 1. The molecule has 41 valence electrons. The van der Waals surface area contributed by atoms with Crippen LogP contribution >= 0.6 is 11.9 Å². The fourth-order valence-corrected chi connectivity index (χ4v) is 1.15. The lowest BCUT2D eigenvalue weighted by molar-refractivity contribution is 0.669. The highest BCUT2D eigenvalue weighted by atomic mass is 32.2. The molecule has 1 fully saturated rings. The standard InChI is InChI=1S/C4H9N2S/c1-2-4-5-3-6-7-4/h4-5H,2-3H2,1H3. The summed E-state index contributed by atoms with van der Waals surface area (Å²) in [6, 6.07) is 0. The monoisotopic (exact) mass is 117 g/mol. The zero-order valence-electron chi connectivity index (χ0n) is 4.35. The molecule has 1 aliphatic rings. The van der Waals surface area contributed by atoms with Gasteiger partial charge in [-0.1, -0.05) is 6.92 Å². The summed E-state index contributed by atoms with van der Waals surface area (Å²) in [6.07, 6.45) is 1.17. The van der Waals surface area contributed by atoms with Gasteiger partial charge >= 0.3 is 0 Å². The maximum absolute atomic E-state index is 4.04. The third-order valence-electron chi connectivity index (χ3n) is 0.956. The average Bonchev–Trinajstić information content (AvgIpc) is 2.14. The first-order valence-electron chi connectivity index (χ1n) is 2.49. The molecular weight excluding hydrogens is 108 g/mol. The summed E-state index contributed by atoms with van der Waals surface area (Å²) in [5.74, 6) is 0. The molecule has 1 atom stereocenters. The van der Waals surface area contributed by atoms with E-state index in [1.807, 2.05) is 0 Å². The Labute approximate surface area is 48.2 Å². The van der Waals surface area contributed by atoms with E-state index < -0.39 is 0 Å². The Morgan fingerprint density at radius 3 is 3.14 bits per heavy atom. The molecule has 7 heavy (non-hydrogen) atoms. The molecule has 0 aromatic rings. The van der Waals surface area contributed by atoms with Crippen molar-refractivity contribution in [3.05, 3.63) is 0 Å². The van der Waals surface area contributed by atoms with Crippen molar-refractivity contribution in [2.24, 2.45) is 0 Å². The summed E-state index contributed by atoms with van der Waals surface area (Å²) in [4.78, 5) is 0. The van der Waals surface area contributed by atoms with Crippen molar-refractivity contribution >= 4 is 11.9 Å². The highest BCUT2D eigenvalue weighted by molar-refractivity contribution is 7.98. The Morgan fingerprint density at radius 2 is 2.86 bits per heavy atom. The lowest BCUT2D eigenvalue weighted by Crippen LogP contribution is -2.18. The highest BCUT2D eigenvalue weighted by Crippen LogP contribution is 2.12. The lowest BCUT2D eigenvalue weighted by atomic mass is 10.5. The molecule has 0 amide bonds. The van der Waals surface area contributed by atoms with Crippen LogP contribution in [0.3, 0.4) is 0 Å². The second-order valence-corrected chi connectivity index (χ2v) is 2.53. The molecule has 3 heteroatoms. The lowest BCUT2D eigenvalue weighted by Gasteiger charge is -1.99. The van der Waals surface area contributed by atoms with Crippen molar-refractivity contribution < 1.29 is 0 Å². The van der Waals surface area contributed by atoms with Gasteiger partial charge in [-0.2, -0.15) is 4.72 Å². The van der Waals surface area contributed by atoms with E-state index in [2.05, 4.69) is 17.0 Å². The predicted molar refractivity (Wildman–Crippen MR) is 31.8 cm³/mol. The van der Waals surface area contributed by atoms with Crippen molar-refractivity contribution in [3.8, 4) is 0 Å². The van der Waals surface area contributed by atoms with Crippen LogP contribution in [0, 0.1) is 0 Å². The first kappa shape index (κ1) is 5.41. The molecule has 2 nitrogen and oxygen atoms in total. The third kappa shape index (κ3) is 1.33. The maximum atomic E-state index is 4.04. The summed E-state index contributed by atoms with van der Waals surface area (Å²) in [7, 11) is 0. The zero-order valence-corrected chi connectivity index (χ0v) is 5.16. The minimum Gasteiger partial charge on any atom is -0.289 e. The molecular formula is C4H9N2S. The summed E-state index contributed by atoms with van der Waals surface area (Å²) < 4.78 is 4.04. The van der Waals surface area contributed by atoms with E-state index in [9.17, 15) is 0 Å². The van der Waals surface area contributed by atoms with Gasteiger partial charge in [0.05, 0.1) is 12.0 Å². The van der Waals surface area contributed by atoms with E-state index in [1.165, 1.54) is 6.42 Å². The largest absolute Gasteiger partial charge is 0.289 e. The highest BCUT2D eigenvalue weighted by Gasteiger charge is 2.11. The smallest absolute Gasteiger partial charge is 0.0757 e. The molecule has 0 spiro atoms. The normalized spacial score (nSPS) is 31.3. The van der Waals surface area contributed by atoms with Gasteiger partial charge in [0, 0.05) is 0 Å². The summed E-state index contributed by atoms with van der Waals surface area (Å²) in [5, 5.41) is 3.80. The molecule has 0 bridgehead atoms. The average molecular weight is 117 g/mol. The number of nitrogens with zero attached hydrogens (tertiary/aromatic N) is 1. The van der Waals surface area contributed by atoms with Crippen molar-refractivity contribution in [3.63, 3.8) is 0 Å². The van der Waals surface area contributed by atoms with Gasteiger partial charge in [-0.25, -0.2) is 0 Å². The Kier molecular flexibility index (Phi) is 1.97. The molecule has 0 aromatic heterocycles. The van der Waals surface area contributed by atoms with Crippen LogP contribution in [0.15, 0.2) is 0 Å². The van der Waals surface area contributed by atoms with E-state index in [-0.39, 0.29) is 0 Å². The molecule has 1 unspecified atom stereocenters. The van der Waals surface area contributed by atoms with Crippen LogP contribution in [-0.4, -0.2) is 12.0 Å². The molecule has 0 saturated carbocycles. The quantitative estimate of drug-likeness (QED) is 0.507. The second-order valence-electron chi connectivity index (χ2n) is 1.49. The van der Waals surface area contributed by atoms with Gasteiger partial charge < -0.3 is 0 Å².